The highest BCUT2D eigenvalue weighted by Gasteiger charge is 2.20. The van der Waals surface area contributed by atoms with Crippen LogP contribution in [0.2, 0.25) is 0 Å². The molecule has 6 heteroatoms. The van der Waals surface area contributed by atoms with Gasteiger partial charge in [-0.2, -0.15) is 0 Å². The average molecular weight is 412 g/mol. The van der Waals surface area contributed by atoms with Gasteiger partial charge in [-0.15, -0.1) is 10.2 Å². The van der Waals surface area contributed by atoms with E-state index in [1.54, 1.807) is 6.20 Å². The highest BCUT2D eigenvalue weighted by atomic mass is 16.5. The van der Waals surface area contributed by atoms with Crippen molar-refractivity contribution in [3.63, 3.8) is 0 Å². The van der Waals surface area contributed by atoms with Crippen LogP contribution in [0.15, 0.2) is 79.3 Å². The van der Waals surface area contributed by atoms with E-state index in [1.807, 2.05) is 36.7 Å². The maximum absolute atomic E-state index is 5.89. The maximum atomic E-state index is 5.89. The molecule has 6 nitrogen and oxygen atoms in total. The van der Waals surface area contributed by atoms with Crippen LogP contribution in [0.25, 0.3) is 0 Å². The van der Waals surface area contributed by atoms with Crippen LogP contribution in [0.4, 0.5) is 5.69 Å². The number of fused-ring (bicyclic) bond motifs is 1. The quantitative estimate of drug-likeness (QED) is 0.482. The summed E-state index contributed by atoms with van der Waals surface area (Å²) in [6, 6.07) is 22.8. The first-order chi connectivity index (χ1) is 15.3. The van der Waals surface area contributed by atoms with Gasteiger partial charge in [0, 0.05) is 37.3 Å². The van der Waals surface area contributed by atoms with Gasteiger partial charge in [0.25, 0.3) is 0 Å². The zero-order valence-corrected chi connectivity index (χ0v) is 17.3. The average Bonchev–Trinajstić information content (AvgIpc) is 3.31. The largest absolute Gasteiger partial charge is 0.487 e. The first-order valence-electron chi connectivity index (χ1n) is 10.7. The number of hydrogen-bond acceptors (Lipinski definition) is 5. The lowest BCUT2D eigenvalue weighted by atomic mass is 9.91. The molecule has 0 radical (unpaired) electrons. The second-order valence-corrected chi connectivity index (χ2v) is 7.87. The molecule has 31 heavy (non-hydrogen) atoms. The Hall–Kier alpha value is -3.67. The molecule has 0 unspecified atom stereocenters. The van der Waals surface area contributed by atoms with Crippen LogP contribution < -0.4 is 10.1 Å². The van der Waals surface area contributed by atoms with Gasteiger partial charge in [-0.1, -0.05) is 30.3 Å². The molecule has 2 aromatic carbocycles. The number of rotatable bonds is 7. The lowest BCUT2D eigenvalue weighted by molar-refractivity contribution is 0.301. The fourth-order valence-electron chi connectivity index (χ4n) is 3.99. The van der Waals surface area contributed by atoms with Crippen molar-refractivity contribution in [2.75, 3.05) is 5.32 Å². The van der Waals surface area contributed by atoms with Crippen molar-refractivity contribution < 1.29 is 4.74 Å². The molecular formula is C25H25N5O. The zero-order chi connectivity index (χ0) is 20.9. The van der Waals surface area contributed by atoms with E-state index in [0.717, 1.165) is 48.9 Å². The summed E-state index contributed by atoms with van der Waals surface area (Å²) in [5.74, 6) is 2.47. The summed E-state index contributed by atoms with van der Waals surface area (Å²) in [6.45, 7) is 2.17. The van der Waals surface area contributed by atoms with Gasteiger partial charge in [-0.3, -0.25) is 4.98 Å². The summed E-state index contributed by atoms with van der Waals surface area (Å²) in [7, 11) is 0. The van der Waals surface area contributed by atoms with E-state index in [2.05, 4.69) is 61.5 Å². The lowest BCUT2D eigenvalue weighted by Gasteiger charge is -2.23. The summed E-state index contributed by atoms with van der Waals surface area (Å²) < 4.78 is 8.06. The maximum Gasteiger partial charge on any atom is 0.132 e. The van der Waals surface area contributed by atoms with Gasteiger partial charge in [-0.25, -0.2) is 0 Å². The summed E-state index contributed by atoms with van der Waals surface area (Å²) in [5.41, 5.74) is 4.58. The molecular weight excluding hydrogens is 386 g/mol. The number of aryl methyl sites for hydroxylation is 1. The Morgan fingerprint density at radius 3 is 2.84 bits per heavy atom. The van der Waals surface area contributed by atoms with Crippen LogP contribution in [0, 0.1) is 0 Å². The fourth-order valence-corrected chi connectivity index (χ4v) is 3.99. The second kappa shape index (κ2) is 9.00. The fraction of sp³-hybridized carbons (Fsp3) is 0.240. The number of aromatic nitrogens is 4. The van der Waals surface area contributed by atoms with E-state index in [4.69, 9.17) is 4.74 Å². The van der Waals surface area contributed by atoms with Crippen LogP contribution in [-0.2, 0) is 26.1 Å². The third-order valence-corrected chi connectivity index (χ3v) is 5.72. The van der Waals surface area contributed by atoms with Gasteiger partial charge < -0.3 is 14.6 Å². The van der Waals surface area contributed by atoms with Gasteiger partial charge >= 0.3 is 0 Å². The molecule has 3 heterocycles. The third kappa shape index (κ3) is 4.74. The van der Waals surface area contributed by atoms with Crippen molar-refractivity contribution in [2.45, 2.75) is 38.5 Å². The lowest BCUT2D eigenvalue weighted by Crippen LogP contribution is -2.18. The van der Waals surface area contributed by atoms with Crippen LogP contribution >= 0.6 is 0 Å². The van der Waals surface area contributed by atoms with Crippen molar-refractivity contribution in [3.05, 3.63) is 102 Å². The Labute approximate surface area is 181 Å². The van der Waals surface area contributed by atoms with Gasteiger partial charge in [0.15, 0.2) is 0 Å². The number of anilines is 1. The van der Waals surface area contributed by atoms with Crippen LogP contribution in [0.3, 0.4) is 0 Å². The van der Waals surface area contributed by atoms with E-state index >= 15 is 0 Å². The molecule has 1 N–H and O–H groups in total. The van der Waals surface area contributed by atoms with Crippen molar-refractivity contribution in [1.29, 1.82) is 0 Å². The Balaban J connectivity index is 1.16. The van der Waals surface area contributed by atoms with E-state index in [0.29, 0.717) is 12.5 Å². The summed E-state index contributed by atoms with van der Waals surface area (Å²) in [6.07, 6.45) is 5.73. The van der Waals surface area contributed by atoms with Gasteiger partial charge in [0.05, 0.1) is 5.69 Å². The third-order valence-electron chi connectivity index (χ3n) is 5.72. The van der Waals surface area contributed by atoms with Crippen molar-refractivity contribution in [1.82, 2.24) is 19.7 Å². The van der Waals surface area contributed by atoms with E-state index in [-0.39, 0.29) is 0 Å². The number of benzene rings is 2. The van der Waals surface area contributed by atoms with Gasteiger partial charge in [0.1, 0.15) is 24.5 Å². The number of hydrogen-bond donors (Lipinski definition) is 1. The normalized spacial score (nSPS) is 15.3. The number of nitrogens with zero attached hydrogens (tertiary/aromatic N) is 4. The minimum Gasteiger partial charge on any atom is -0.487 e. The minimum absolute atomic E-state index is 0.469. The van der Waals surface area contributed by atoms with E-state index in [9.17, 15) is 0 Å². The predicted molar refractivity (Wildman–Crippen MR) is 120 cm³/mol. The standard InChI is InChI=1S/C25H25N5O/c1-2-13-26-23(5-1)17-31-24-6-3-4-19(14-24)15-27-22-10-7-20(8-11-22)21-9-12-25-29-28-18-30(25)16-21/h1-8,10-11,13-14,18,21,27H,9,12,15-17H2/t21-/m0/s1. The number of ether oxygens (including phenoxy) is 1. The van der Waals surface area contributed by atoms with Gasteiger partial charge in [0.2, 0.25) is 0 Å². The van der Waals surface area contributed by atoms with E-state index in [1.165, 1.54) is 11.1 Å². The first-order valence-corrected chi connectivity index (χ1v) is 10.7. The summed E-state index contributed by atoms with van der Waals surface area (Å²) >= 11 is 0. The molecule has 0 saturated carbocycles. The SMILES string of the molecule is c1ccc(COc2cccc(CNc3ccc([C@H]4CCc5nncn5C4)cc3)c2)nc1. The molecule has 0 saturated heterocycles. The molecule has 0 spiro atoms. The van der Waals surface area contributed by atoms with Crippen molar-refractivity contribution >= 4 is 5.69 Å². The molecule has 1 aliphatic heterocycles. The predicted octanol–water partition coefficient (Wildman–Crippen LogP) is 4.59. The molecule has 0 fully saturated rings. The summed E-state index contributed by atoms with van der Waals surface area (Å²) in [4.78, 5) is 4.30. The number of nitrogens with one attached hydrogen (secondary N) is 1. The monoisotopic (exact) mass is 411 g/mol. The van der Waals surface area contributed by atoms with Crippen molar-refractivity contribution in [2.24, 2.45) is 0 Å². The smallest absolute Gasteiger partial charge is 0.132 e. The van der Waals surface area contributed by atoms with Crippen LogP contribution in [-0.4, -0.2) is 19.7 Å². The Morgan fingerprint density at radius 2 is 1.97 bits per heavy atom. The molecule has 1 atom stereocenters. The molecule has 156 valence electrons. The van der Waals surface area contributed by atoms with Crippen LogP contribution in [0.1, 0.15) is 35.0 Å². The molecule has 1 aliphatic rings. The summed E-state index contributed by atoms with van der Waals surface area (Å²) in [5, 5.41) is 11.7. The molecule has 0 amide bonds. The molecule has 2 aromatic heterocycles. The molecule has 0 aliphatic carbocycles. The Kier molecular flexibility index (Phi) is 5.60. The highest BCUT2D eigenvalue weighted by molar-refractivity contribution is 5.46. The Morgan fingerprint density at radius 1 is 1.03 bits per heavy atom. The molecule has 0 bridgehead atoms. The molecule has 5 rings (SSSR count). The zero-order valence-electron chi connectivity index (χ0n) is 17.3. The van der Waals surface area contributed by atoms with Gasteiger partial charge in [-0.05, 0) is 53.9 Å². The van der Waals surface area contributed by atoms with Crippen molar-refractivity contribution in [3.8, 4) is 5.75 Å². The van der Waals surface area contributed by atoms with Crippen LogP contribution in [0.5, 0.6) is 5.75 Å². The second-order valence-electron chi connectivity index (χ2n) is 7.87. The highest BCUT2D eigenvalue weighted by Crippen LogP contribution is 2.28. The minimum atomic E-state index is 0.469. The number of pyridine rings is 1. The Bertz CT molecular complexity index is 1120. The van der Waals surface area contributed by atoms with E-state index < -0.39 is 0 Å². The topological polar surface area (TPSA) is 64.9 Å². The molecule has 4 aromatic rings. The first kappa shape index (κ1) is 19.3.